The lowest BCUT2D eigenvalue weighted by molar-refractivity contribution is 0.0171. The number of ether oxygens (including phenoxy) is 2. The second-order valence-corrected chi connectivity index (χ2v) is 7.27. The molecule has 5 heteroatoms. The van der Waals surface area contributed by atoms with Crippen molar-refractivity contribution < 1.29 is 14.3 Å². The van der Waals surface area contributed by atoms with Gasteiger partial charge < -0.3 is 20.1 Å². The maximum absolute atomic E-state index is 11.9. The lowest BCUT2D eigenvalue weighted by Crippen LogP contribution is -2.51. The highest BCUT2D eigenvalue weighted by Gasteiger charge is 2.29. The summed E-state index contributed by atoms with van der Waals surface area (Å²) in [5, 5.41) is 6.63. The van der Waals surface area contributed by atoms with E-state index in [-0.39, 0.29) is 12.1 Å². The van der Waals surface area contributed by atoms with Gasteiger partial charge in [0.25, 0.3) is 0 Å². The van der Waals surface area contributed by atoms with E-state index in [1.165, 1.54) is 25.7 Å². The molecular weight excluding hydrogens is 268 g/mol. The number of alkyl carbamates (subject to hydrolysis) is 1. The molecule has 1 aliphatic carbocycles. The van der Waals surface area contributed by atoms with Crippen LogP contribution in [0.2, 0.25) is 0 Å². The zero-order valence-electron chi connectivity index (χ0n) is 13.6. The number of amides is 1. The first kappa shape index (κ1) is 16.6. The van der Waals surface area contributed by atoms with Gasteiger partial charge in [-0.1, -0.05) is 12.8 Å². The molecule has 0 aromatic heterocycles. The molecule has 2 rings (SSSR count). The maximum atomic E-state index is 11.9. The first-order chi connectivity index (χ1) is 9.94. The third kappa shape index (κ3) is 5.83. The molecule has 2 unspecified atom stereocenters. The number of hydrogen-bond acceptors (Lipinski definition) is 4. The SMILES string of the molecule is CC(C)(C)OC(=O)NC1COCCC1CNC1CCCC1. The van der Waals surface area contributed by atoms with Crippen molar-refractivity contribution in [3.8, 4) is 0 Å². The topological polar surface area (TPSA) is 59.6 Å². The van der Waals surface area contributed by atoms with Crippen LogP contribution < -0.4 is 10.6 Å². The average Bonchev–Trinajstić information content (AvgIpc) is 2.88. The number of nitrogens with one attached hydrogen (secondary N) is 2. The van der Waals surface area contributed by atoms with Gasteiger partial charge in [0.15, 0.2) is 0 Å². The van der Waals surface area contributed by atoms with Crippen LogP contribution in [0.25, 0.3) is 0 Å². The number of hydrogen-bond donors (Lipinski definition) is 2. The molecule has 2 N–H and O–H groups in total. The molecule has 0 aromatic carbocycles. The summed E-state index contributed by atoms with van der Waals surface area (Å²) in [6, 6.07) is 0.706. The van der Waals surface area contributed by atoms with Gasteiger partial charge in [-0.3, -0.25) is 0 Å². The van der Waals surface area contributed by atoms with Crippen molar-refractivity contribution in [3.63, 3.8) is 0 Å². The molecule has 21 heavy (non-hydrogen) atoms. The molecule has 122 valence electrons. The van der Waals surface area contributed by atoms with Crippen molar-refractivity contribution in [2.24, 2.45) is 5.92 Å². The van der Waals surface area contributed by atoms with Crippen LogP contribution in [-0.4, -0.2) is 43.5 Å². The normalized spacial score (nSPS) is 27.6. The fourth-order valence-electron chi connectivity index (χ4n) is 3.09. The molecule has 1 heterocycles. The van der Waals surface area contributed by atoms with Crippen molar-refractivity contribution in [2.75, 3.05) is 19.8 Å². The molecular formula is C16H30N2O3. The average molecular weight is 298 g/mol. The second kappa shape index (κ2) is 7.45. The van der Waals surface area contributed by atoms with Gasteiger partial charge in [0, 0.05) is 19.2 Å². The molecule has 0 radical (unpaired) electrons. The Morgan fingerprint density at radius 1 is 1.24 bits per heavy atom. The molecule has 5 nitrogen and oxygen atoms in total. The predicted octanol–water partition coefficient (Wildman–Crippen LogP) is 2.45. The molecule has 2 fully saturated rings. The van der Waals surface area contributed by atoms with Crippen molar-refractivity contribution >= 4 is 6.09 Å². The predicted molar refractivity (Wildman–Crippen MR) is 82.3 cm³/mol. The fraction of sp³-hybridized carbons (Fsp3) is 0.938. The molecule has 1 amide bonds. The molecule has 2 aliphatic rings. The van der Waals surface area contributed by atoms with Crippen LogP contribution >= 0.6 is 0 Å². The molecule has 0 aromatic rings. The third-order valence-corrected chi connectivity index (χ3v) is 4.23. The molecule has 1 aliphatic heterocycles. The lowest BCUT2D eigenvalue weighted by atomic mass is 9.94. The van der Waals surface area contributed by atoms with Gasteiger partial charge in [0.2, 0.25) is 0 Å². The van der Waals surface area contributed by atoms with Gasteiger partial charge in [-0.25, -0.2) is 4.79 Å². The van der Waals surface area contributed by atoms with Crippen molar-refractivity contribution in [3.05, 3.63) is 0 Å². The van der Waals surface area contributed by atoms with Crippen LogP contribution in [0.5, 0.6) is 0 Å². The number of rotatable bonds is 4. The Balaban J connectivity index is 1.78. The highest BCUT2D eigenvalue weighted by atomic mass is 16.6. The monoisotopic (exact) mass is 298 g/mol. The van der Waals surface area contributed by atoms with Gasteiger partial charge >= 0.3 is 6.09 Å². The van der Waals surface area contributed by atoms with E-state index < -0.39 is 5.60 Å². The summed E-state index contributed by atoms with van der Waals surface area (Å²) in [5.74, 6) is 0.423. The Labute approximate surface area is 128 Å². The van der Waals surface area contributed by atoms with E-state index in [9.17, 15) is 4.79 Å². The van der Waals surface area contributed by atoms with E-state index in [0.29, 0.717) is 18.6 Å². The minimum absolute atomic E-state index is 0.0440. The summed E-state index contributed by atoms with van der Waals surface area (Å²) in [6.07, 6.45) is 5.89. The van der Waals surface area contributed by atoms with E-state index in [0.717, 1.165) is 19.6 Å². The molecule has 1 saturated carbocycles. The molecule has 1 saturated heterocycles. The van der Waals surface area contributed by atoms with Crippen LogP contribution in [0.4, 0.5) is 4.79 Å². The summed E-state index contributed by atoms with van der Waals surface area (Å²) in [6.45, 7) is 7.95. The highest BCUT2D eigenvalue weighted by molar-refractivity contribution is 5.68. The van der Waals surface area contributed by atoms with Gasteiger partial charge in [-0.05, 0) is 46.0 Å². The van der Waals surface area contributed by atoms with Gasteiger partial charge in [0.05, 0.1) is 12.6 Å². The van der Waals surface area contributed by atoms with E-state index >= 15 is 0 Å². The van der Waals surface area contributed by atoms with Gasteiger partial charge in [-0.15, -0.1) is 0 Å². The van der Waals surface area contributed by atoms with E-state index in [2.05, 4.69) is 10.6 Å². The fourth-order valence-corrected chi connectivity index (χ4v) is 3.09. The third-order valence-electron chi connectivity index (χ3n) is 4.23. The standard InChI is InChI=1S/C16H30N2O3/c1-16(2,3)21-15(19)18-14-11-20-9-8-12(14)10-17-13-6-4-5-7-13/h12-14,17H,4-11H2,1-3H3,(H,18,19). The summed E-state index contributed by atoms with van der Waals surface area (Å²) in [7, 11) is 0. The van der Waals surface area contributed by atoms with E-state index in [4.69, 9.17) is 9.47 Å². The van der Waals surface area contributed by atoms with Crippen LogP contribution in [0, 0.1) is 5.92 Å². The zero-order valence-corrected chi connectivity index (χ0v) is 13.6. The first-order valence-corrected chi connectivity index (χ1v) is 8.25. The summed E-state index contributed by atoms with van der Waals surface area (Å²) < 4.78 is 10.9. The number of carbonyl (C=O) groups excluding carboxylic acids is 1. The van der Waals surface area contributed by atoms with Crippen molar-refractivity contribution in [2.45, 2.75) is 70.6 Å². The van der Waals surface area contributed by atoms with E-state index in [1.54, 1.807) is 0 Å². The molecule has 2 atom stereocenters. The Bertz CT molecular complexity index is 335. The summed E-state index contributed by atoms with van der Waals surface area (Å²) in [5.41, 5.74) is -0.461. The Hall–Kier alpha value is -0.810. The molecule has 0 spiro atoms. The van der Waals surface area contributed by atoms with Crippen LogP contribution in [0.1, 0.15) is 52.9 Å². The van der Waals surface area contributed by atoms with Gasteiger partial charge in [-0.2, -0.15) is 0 Å². The van der Waals surface area contributed by atoms with Crippen molar-refractivity contribution in [1.82, 2.24) is 10.6 Å². The first-order valence-electron chi connectivity index (χ1n) is 8.25. The quantitative estimate of drug-likeness (QED) is 0.837. The van der Waals surface area contributed by atoms with Crippen LogP contribution in [0.3, 0.4) is 0 Å². The largest absolute Gasteiger partial charge is 0.444 e. The van der Waals surface area contributed by atoms with Crippen LogP contribution in [0.15, 0.2) is 0 Å². The Morgan fingerprint density at radius 3 is 2.62 bits per heavy atom. The second-order valence-electron chi connectivity index (χ2n) is 7.27. The van der Waals surface area contributed by atoms with Crippen molar-refractivity contribution in [1.29, 1.82) is 0 Å². The minimum atomic E-state index is -0.461. The highest BCUT2D eigenvalue weighted by Crippen LogP contribution is 2.20. The van der Waals surface area contributed by atoms with E-state index in [1.807, 2.05) is 20.8 Å². The zero-order chi connectivity index (χ0) is 15.3. The number of carbonyl (C=O) groups is 1. The Morgan fingerprint density at radius 2 is 1.95 bits per heavy atom. The Kier molecular flexibility index (Phi) is 5.88. The smallest absolute Gasteiger partial charge is 0.407 e. The molecule has 0 bridgehead atoms. The van der Waals surface area contributed by atoms with Gasteiger partial charge in [0.1, 0.15) is 5.60 Å². The summed E-state index contributed by atoms with van der Waals surface area (Å²) >= 11 is 0. The lowest BCUT2D eigenvalue weighted by Gasteiger charge is -2.33. The summed E-state index contributed by atoms with van der Waals surface area (Å²) in [4.78, 5) is 11.9. The maximum Gasteiger partial charge on any atom is 0.407 e. The van der Waals surface area contributed by atoms with Crippen LogP contribution in [-0.2, 0) is 9.47 Å². The minimum Gasteiger partial charge on any atom is -0.444 e.